The van der Waals surface area contributed by atoms with Crippen LogP contribution in [-0.2, 0) is 11.2 Å². The van der Waals surface area contributed by atoms with Gasteiger partial charge in [0.1, 0.15) is 0 Å². The van der Waals surface area contributed by atoms with Crippen molar-refractivity contribution in [3.8, 4) is 0 Å². The molecule has 0 saturated carbocycles. The number of carbonyl (C=O) groups is 1. The maximum Gasteiger partial charge on any atom is 0.228 e. The second kappa shape index (κ2) is 6.56. The van der Waals surface area contributed by atoms with E-state index in [9.17, 15) is 4.79 Å². The molecule has 0 atom stereocenters. The number of hydrogen-bond donors (Lipinski definition) is 3. The molecule has 1 amide bonds. The van der Waals surface area contributed by atoms with E-state index in [1.165, 1.54) is 0 Å². The number of hydrogen-bond acceptors (Lipinski definition) is 3. The number of anilines is 1. The summed E-state index contributed by atoms with van der Waals surface area (Å²) in [6.45, 7) is 1.88. The van der Waals surface area contributed by atoms with Crippen molar-refractivity contribution >= 4 is 17.4 Å². The molecular weight excluding hydrogens is 266 g/mol. The maximum absolute atomic E-state index is 12.1. The van der Waals surface area contributed by atoms with E-state index < -0.39 is 0 Å². The summed E-state index contributed by atoms with van der Waals surface area (Å²) in [5.41, 5.74) is 8.61. The third kappa shape index (κ3) is 3.82. The second-order valence-electron chi connectivity index (χ2n) is 4.73. The fraction of sp³-hybridized carbons (Fsp3) is 0.125. The molecule has 0 saturated heterocycles. The van der Waals surface area contributed by atoms with Crippen LogP contribution in [0.4, 0.5) is 5.69 Å². The molecule has 0 fully saturated rings. The molecule has 4 N–H and O–H groups in total. The van der Waals surface area contributed by atoms with Crippen LogP contribution in [0.3, 0.4) is 0 Å². The number of carbonyl (C=O) groups excluding carboxylic acids is 1. The van der Waals surface area contributed by atoms with E-state index in [-0.39, 0.29) is 11.7 Å². The Morgan fingerprint density at radius 3 is 2.62 bits per heavy atom. The summed E-state index contributed by atoms with van der Waals surface area (Å²) in [4.78, 5) is 12.1. The smallest absolute Gasteiger partial charge is 0.228 e. The van der Waals surface area contributed by atoms with Gasteiger partial charge < -0.3 is 16.3 Å². The molecule has 0 radical (unpaired) electrons. The van der Waals surface area contributed by atoms with Gasteiger partial charge in [0.25, 0.3) is 0 Å². The molecule has 0 aliphatic heterocycles. The van der Waals surface area contributed by atoms with Crippen LogP contribution in [-0.4, -0.2) is 17.0 Å². The fourth-order valence-corrected chi connectivity index (χ4v) is 1.95. The summed E-state index contributed by atoms with van der Waals surface area (Å²) >= 11 is 0. The van der Waals surface area contributed by atoms with Crippen molar-refractivity contribution in [3.05, 3.63) is 65.2 Å². The predicted octanol–water partition coefficient (Wildman–Crippen LogP) is 2.27. The lowest BCUT2D eigenvalue weighted by Crippen LogP contribution is -2.17. The molecule has 0 bridgehead atoms. The molecule has 2 rings (SSSR count). The molecule has 2 aromatic carbocycles. The van der Waals surface area contributed by atoms with E-state index in [0.717, 1.165) is 11.1 Å². The van der Waals surface area contributed by atoms with Gasteiger partial charge in [0.2, 0.25) is 5.91 Å². The number of benzene rings is 2. The first-order valence-corrected chi connectivity index (χ1v) is 6.52. The average molecular weight is 283 g/mol. The van der Waals surface area contributed by atoms with Gasteiger partial charge in [-0.15, -0.1) is 0 Å². The molecule has 0 unspecified atom stereocenters. The fourth-order valence-electron chi connectivity index (χ4n) is 1.95. The van der Waals surface area contributed by atoms with Crippen molar-refractivity contribution in [1.82, 2.24) is 0 Å². The number of oxime groups is 1. The highest BCUT2D eigenvalue weighted by Gasteiger charge is 2.08. The van der Waals surface area contributed by atoms with Crippen molar-refractivity contribution in [3.63, 3.8) is 0 Å². The van der Waals surface area contributed by atoms with Crippen molar-refractivity contribution in [2.24, 2.45) is 10.9 Å². The molecule has 2 aromatic rings. The topological polar surface area (TPSA) is 87.7 Å². The Kier molecular flexibility index (Phi) is 4.56. The molecule has 0 aliphatic rings. The Balaban J connectivity index is 2.13. The number of nitrogens with zero attached hydrogens (tertiary/aromatic N) is 1. The summed E-state index contributed by atoms with van der Waals surface area (Å²) in [5.74, 6) is -0.102. The summed E-state index contributed by atoms with van der Waals surface area (Å²) < 4.78 is 0. The molecule has 5 nitrogen and oxygen atoms in total. The standard InChI is InChI=1S/C16H17N3O2/c1-11-7-8-13(16(17)19-21)10-14(11)18-15(20)9-12-5-3-2-4-6-12/h2-8,10,21H,9H2,1H3,(H2,17,19)(H,18,20). The Hall–Kier alpha value is -2.82. The van der Waals surface area contributed by atoms with Crippen LogP contribution < -0.4 is 11.1 Å². The highest BCUT2D eigenvalue weighted by atomic mass is 16.4. The number of nitrogens with one attached hydrogen (secondary N) is 1. The summed E-state index contributed by atoms with van der Waals surface area (Å²) in [5, 5.41) is 14.5. The summed E-state index contributed by atoms with van der Waals surface area (Å²) in [6, 6.07) is 14.7. The van der Waals surface area contributed by atoms with Crippen molar-refractivity contribution in [2.75, 3.05) is 5.32 Å². The number of rotatable bonds is 4. The number of amides is 1. The number of aryl methyl sites for hydroxylation is 1. The third-order valence-electron chi connectivity index (χ3n) is 3.12. The normalized spacial score (nSPS) is 11.2. The van der Waals surface area contributed by atoms with E-state index in [0.29, 0.717) is 17.7 Å². The van der Waals surface area contributed by atoms with Gasteiger partial charge in [-0.25, -0.2) is 0 Å². The van der Waals surface area contributed by atoms with Gasteiger partial charge in [-0.2, -0.15) is 0 Å². The zero-order valence-electron chi connectivity index (χ0n) is 11.7. The first kappa shape index (κ1) is 14.6. The molecule has 0 aliphatic carbocycles. The SMILES string of the molecule is Cc1ccc(C(N)=NO)cc1NC(=O)Cc1ccccc1. The summed E-state index contributed by atoms with van der Waals surface area (Å²) in [6.07, 6.45) is 0.300. The van der Waals surface area contributed by atoms with Crippen LogP contribution in [0.15, 0.2) is 53.7 Å². The molecule has 0 spiro atoms. The molecule has 0 heterocycles. The molecular formula is C16H17N3O2. The van der Waals surface area contributed by atoms with Gasteiger partial charge in [0, 0.05) is 11.3 Å². The van der Waals surface area contributed by atoms with Crippen LogP contribution in [0.5, 0.6) is 0 Å². The van der Waals surface area contributed by atoms with Crippen LogP contribution in [0, 0.1) is 6.92 Å². The molecule has 108 valence electrons. The Bertz CT molecular complexity index is 666. The summed E-state index contributed by atoms with van der Waals surface area (Å²) in [7, 11) is 0. The van der Waals surface area contributed by atoms with E-state index in [1.807, 2.05) is 43.3 Å². The molecule has 0 aromatic heterocycles. The van der Waals surface area contributed by atoms with E-state index in [4.69, 9.17) is 10.9 Å². The van der Waals surface area contributed by atoms with E-state index in [1.54, 1.807) is 12.1 Å². The van der Waals surface area contributed by atoms with Crippen LogP contribution in [0.2, 0.25) is 0 Å². The largest absolute Gasteiger partial charge is 0.409 e. The first-order valence-electron chi connectivity index (χ1n) is 6.52. The zero-order valence-corrected chi connectivity index (χ0v) is 11.7. The quantitative estimate of drug-likeness (QED) is 0.348. The van der Waals surface area contributed by atoms with Crippen molar-refractivity contribution < 1.29 is 10.0 Å². The van der Waals surface area contributed by atoms with Gasteiger partial charge in [-0.3, -0.25) is 4.79 Å². The monoisotopic (exact) mass is 283 g/mol. The molecule has 21 heavy (non-hydrogen) atoms. The maximum atomic E-state index is 12.1. The zero-order chi connectivity index (χ0) is 15.2. The molecule has 5 heteroatoms. The Morgan fingerprint density at radius 2 is 1.95 bits per heavy atom. The average Bonchev–Trinajstić information content (AvgIpc) is 2.49. The van der Waals surface area contributed by atoms with Gasteiger partial charge in [0.15, 0.2) is 5.84 Å². The highest BCUT2D eigenvalue weighted by molar-refractivity contribution is 5.99. The van der Waals surface area contributed by atoms with E-state index >= 15 is 0 Å². The predicted molar refractivity (Wildman–Crippen MR) is 82.5 cm³/mol. The van der Waals surface area contributed by atoms with E-state index in [2.05, 4.69) is 10.5 Å². The minimum Gasteiger partial charge on any atom is -0.409 e. The third-order valence-corrected chi connectivity index (χ3v) is 3.12. The second-order valence-corrected chi connectivity index (χ2v) is 4.73. The lowest BCUT2D eigenvalue weighted by atomic mass is 10.1. The first-order chi connectivity index (χ1) is 10.1. The van der Waals surface area contributed by atoms with Crippen LogP contribution in [0.1, 0.15) is 16.7 Å². The number of nitrogens with two attached hydrogens (primary N) is 1. The Labute approximate surface area is 123 Å². The number of amidine groups is 1. The lowest BCUT2D eigenvalue weighted by Gasteiger charge is -2.10. The van der Waals surface area contributed by atoms with Gasteiger partial charge >= 0.3 is 0 Å². The van der Waals surface area contributed by atoms with Crippen LogP contribution in [0.25, 0.3) is 0 Å². The van der Waals surface area contributed by atoms with Crippen molar-refractivity contribution in [2.45, 2.75) is 13.3 Å². The van der Waals surface area contributed by atoms with Gasteiger partial charge in [-0.05, 0) is 24.1 Å². The highest BCUT2D eigenvalue weighted by Crippen LogP contribution is 2.17. The van der Waals surface area contributed by atoms with Gasteiger partial charge in [-0.1, -0.05) is 47.6 Å². The lowest BCUT2D eigenvalue weighted by molar-refractivity contribution is -0.115. The minimum atomic E-state index is -0.110. The van der Waals surface area contributed by atoms with Gasteiger partial charge in [0.05, 0.1) is 6.42 Å². The Morgan fingerprint density at radius 1 is 1.24 bits per heavy atom. The minimum absolute atomic E-state index is 0.00792. The van der Waals surface area contributed by atoms with Crippen molar-refractivity contribution in [1.29, 1.82) is 0 Å². The van der Waals surface area contributed by atoms with Crippen LogP contribution >= 0.6 is 0 Å².